The van der Waals surface area contributed by atoms with Crippen LogP contribution in [0.3, 0.4) is 0 Å². The molecule has 5 nitrogen and oxygen atoms in total. The summed E-state index contributed by atoms with van der Waals surface area (Å²) in [7, 11) is 1.60. The standard InChI is InChI=1S/C14H20BrN3O2/c1-11(2)18-10-12(15)9-13(18)14(19)17(6-4-5-16)7-8-20-3/h9-11H,4,6-8H2,1-3H3. The second kappa shape index (κ2) is 8.08. The van der Waals surface area contributed by atoms with E-state index in [1.54, 1.807) is 12.0 Å². The van der Waals surface area contributed by atoms with E-state index in [1.165, 1.54) is 0 Å². The highest BCUT2D eigenvalue weighted by Crippen LogP contribution is 2.20. The number of aromatic nitrogens is 1. The van der Waals surface area contributed by atoms with E-state index in [0.717, 1.165) is 4.47 Å². The number of halogens is 1. The van der Waals surface area contributed by atoms with Crippen molar-refractivity contribution in [1.82, 2.24) is 9.47 Å². The molecule has 0 bridgehead atoms. The Labute approximate surface area is 128 Å². The van der Waals surface area contributed by atoms with Gasteiger partial charge in [-0.05, 0) is 35.8 Å². The lowest BCUT2D eigenvalue weighted by atomic mass is 10.3. The minimum Gasteiger partial charge on any atom is -0.383 e. The lowest BCUT2D eigenvalue weighted by molar-refractivity contribution is 0.0688. The molecule has 0 aromatic carbocycles. The van der Waals surface area contributed by atoms with E-state index in [1.807, 2.05) is 30.7 Å². The van der Waals surface area contributed by atoms with Gasteiger partial charge in [0.1, 0.15) is 5.69 Å². The van der Waals surface area contributed by atoms with Crippen molar-refractivity contribution in [3.05, 3.63) is 22.4 Å². The zero-order valence-electron chi connectivity index (χ0n) is 12.1. The van der Waals surface area contributed by atoms with Crippen LogP contribution in [0.15, 0.2) is 16.7 Å². The topological polar surface area (TPSA) is 58.3 Å². The second-order valence-corrected chi connectivity index (χ2v) is 5.65. The Morgan fingerprint density at radius 1 is 1.55 bits per heavy atom. The first-order chi connectivity index (χ1) is 9.51. The maximum atomic E-state index is 12.6. The highest BCUT2D eigenvalue weighted by Gasteiger charge is 2.20. The molecule has 1 heterocycles. The maximum Gasteiger partial charge on any atom is 0.270 e. The zero-order chi connectivity index (χ0) is 15.1. The first kappa shape index (κ1) is 16.7. The van der Waals surface area contributed by atoms with Gasteiger partial charge in [0, 0.05) is 36.9 Å². The third kappa shape index (κ3) is 4.36. The SMILES string of the molecule is COCCN(CCC#N)C(=O)c1cc(Br)cn1C(C)C. The van der Waals surface area contributed by atoms with Crippen molar-refractivity contribution in [3.63, 3.8) is 0 Å². The minimum absolute atomic E-state index is 0.0725. The highest BCUT2D eigenvalue weighted by atomic mass is 79.9. The number of nitrogens with zero attached hydrogens (tertiary/aromatic N) is 3. The van der Waals surface area contributed by atoms with Crippen LogP contribution in [-0.4, -0.2) is 42.2 Å². The maximum absolute atomic E-state index is 12.6. The monoisotopic (exact) mass is 341 g/mol. The summed E-state index contributed by atoms with van der Waals surface area (Å²) in [5.41, 5.74) is 0.626. The Morgan fingerprint density at radius 3 is 2.80 bits per heavy atom. The number of carbonyl (C=O) groups is 1. The molecule has 110 valence electrons. The molecule has 0 saturated carbocycles. The molecule has 1 aromatic rings. The largest absolute Gasteiger partial charge is 0.383 e. The van der Waals surface area contributed by atoms with Gasteiger partial charge in [0.25, 0.3) is 5.91 Å². The van der Waals surface area contributed by atoms with Gasteiger partial charge in [0.2, 0.25) is 0 Å². The second-order valence-electron chi connectivity index (χ2n) is 4.74. The lowest BCUT2D eigenvalue weighted by Gasteiger charge is -2.23. The van der Waals surface area contributed by atoms with Crippen LogP contribution in [-0.2, 0) is 4.74 Å². The molecule has 0 aliphatic rings. The molecular weight excluding hydrogens is 322 g/mol. The van der Waals surface area contributed by atoms with Gasteiger partial charge in [-0.25, -0.2) is 0 Å². The third-order valence-electron chi connectivity index (χ3n) is 2.94. The number of hydrogen-bond acceptors (Lipinski definition) is 3. The normalized spacial score (nSPS) is 10.6. The van der Waals surface area contributed by atoms with Crippen LogP contribution in [0.25, 0.3) is 0 Å². The molecule has 0 aliphatic carbocycles. The number of ether oxygens (including phenoxy) is 1. The van der Waals surface area contributed by atoms with E-state index in [2.05, 4.69) is 22.0 Å². The minimum atomic E-state index is -0.0725. The van der Waals surface area contributed by atoms with Crippen LogP contribution in [0.1, 0.15) is 36.8 Å². The molecule has 0 fully saturated rings. The molecule has 0 saturated heterocycles. The smallest absolute Gasteiger partial charge is 0.270 e. The van der Waals surface area contributed by atoms with Crippen LogP contribution in [0, 0.1) is 11.3 Å². The number of amides is 1. The van der Waals surface area contributed by atoms with Gasteiger partial charge in [0.15, 0.2) is 0 Å². The van der Waals surface area contributed by atoms with Crippen molar-refractivity contribution in [3.8, 4) is 6.07 Å². The molecule has 0 aliphatic heterocycles. The molecule has 0 N–H and O–H groups in total. The summed E-state index contributed by atoms with van der Waals surface area (Å²) in [4.78, 5) is 14.3. The average molecular weight is 342 g/mol. The molecular formula is C14H20BrN3O2. The fourth-order valence-electron chi connectivity index (χ4n) is 1.91. The van der Waals surface area contributed by atoms with Gasteiger partial charge in [0.05, 0.1) is 19.1 Å². The summed E-state index contributed by atoms with van der Waals surface area (Å²) in [5, 5.41) is 8.71. The van der Waals surface area contributed by atoms with Gasteiger partial charge in [-0.3, -0.25) is 4.79 Å². The summed E-state index contributed by atoms with van der Waals surface area (Å²) in [6.45, 7) is 5.41. The predicted octanol–water partition coefficient (Wildman–Crippen LogP) is 2.83. The van der Waals surface area contributed by atoms with E-state index in [-0.39, 0.29) is 11.9 Å². The van der Waals surface area contributed by atoms with Crippen LogP contribution < -0.4 is 0 Å². The number of hydrogen-bond donors (Lipinski definition) is 0. The van der Waals surface area contributed by atoms with Crippen molar-refractivity contribution in [2.24, 2.45) is 0 Å². The molecule has 1 rings (SSSR count). The van der Waals surface area contributed by atoms with Gasteiger partial charge in [-0.15, -0.1) is 0 Å². The van der Waals surface area contributed by atoms with Crippen molar-refractivity contribution in [2.75, 3.05) is 26.8 Å². The lowest BCUT2D eigenvalue weighted by Crippen LogP contribution is -2.36. The number of nitriles is 1. The van der Waals surface area contributed by atoms with Crippen LogP contribution in [0.5, 0.6) is 0 Å². The van der Waals surface area contributed by atoms with E-state index >= 15 is 0 Å². The molecule has 20 heavy (non-hydrogen) atoms. The Morgan fingerprint density at radius 2 is 2.25 bits per heavy atom. The van der Waals surface area contributed by atoms with Crippen molar-refractivity contribution >= 4 is 21.8 Å². The van der Waals surface area contributed by atoms with E-state index in [9.17, 15) is 4.79 Å². The molecule has 6 heteroatoms. The molecule has 0 radical (unpaired) electrons. The fraction of sp³-hybridized carbons (Fsp3) is 0.571. The predicted molar refractivity (Wildman–Crippen MR) is 80.5 cm³/mol. The fourth-order valence-corrected chi connectivity index (χ4v) is 2.34. The summed E-state index contributed by atoms with van der Waals surface area (Å²) < 4.78 is 7.83. The quantitative estimate of drug-likeness (QED) is 0.766. The number of carbonyl (C=O) groups excluding carboxylic acids is 1. The van der Waals surface area contributed by atoms with Crippen molar-refractivity contribution < 1.29 is 9.53 Å². The zero-order valence-corrected chi connectivity index (χ0v) is 13.7. The van der Waals surface area contributed by atoms with E-state index in [4.69, 9.17) is 10.00 Å². The van der Waals surface area contributed by atoms with Gasteiger partial charge in [-0.2, -0.15) is 5.26 Å². The number of methoxy groups -OCH3 is 1. The molecule has 0 atom stereocenters. The molecule has 1 amide bonds. The van der Waals surface area contributed by atoms with Crippen LogP contribution in [0.2, 0.25) is 0 Å². The van der Waals surface area contributed by atoms with Gasteiger partial charge < -0.3 is 14.2 Å². The van der Waals surface area contributed by atoms with Crippen molar-refractivity contribution in [2.45, 2.75) is 26.3 Å². The summed E-state index contributed by atoms with van der Waals surface area (Å²) in [5.74, 6) is -0.0725. The third-order valence-corrected chi connectivity index (χ3v) is 3.37. The molecule has 0 unspecified atom stereocenters. The van der Waals surface area contributed by atoms with E-state index in [0.29, 0.717) is 31.8 Å². The van der Waals surface area contributed by atoms with Crippen LogP contribution in [0.4, 0.5) is 0 Å². The Bertz CT molecular complexity index is 491. The van der Waals surface area contributed by atoms with Gasteiger partial charge >= 0.3 is 0 Å². The summed E-state index contributed by atoms with van der Waals surface area (Å²) in [6, 6.07) is 4.08. The first-order valence-electron chi connectivity index (χ1n) is 6.53. The summed E-state index contributed by atoms with van der Waals surface area (Å²) in [6.07, 6.45) is 2.22. The van der Waals surface area contributed by atoms with E-state index < -0.39 is 0 Å². The molecule has 0 spiro atoms. The Balaban J connectivity index is 2.96. The van der Waals surface area contributed by atoms with Crippen molar-refractivity contribution in [1.29, 1.82) is 5.26 Å². The van der Waals surface area contributed by atoms with Crippen LogP contribution >= 0.6 is 15.9 Å². The highest BCUT2D eigenvalue weighted by molar-refractivity contribution is 9.10. The number of rotatable bonds is 7. The summed E-state index contributed by atoms with van der Waals surface area (Å²) >= 11 is 3.41. The average Bonchev–Trinajstić information content (AvgIpc) is 2.80. The van der Waals surface area contributed by atoms with Gasteiger partial charge in [-0.1, -0.05) is 0 Å². The first-order valence-corrected chi connectivity index (χ1v) is 7.33. The Kier molecular flexibility index (Phi) is 6.76. The molecule has 1 aromatic heterocycles. The Hall–Kier alpha value is -1.32.